The third kappa shape index (κ3) is 4.51. The summed E-state index contributed by atoms with van der Waals surface area (Å²) >= 11 is 0. The van der Waals surface area contributed by atoms with Crippen LogP contribution in [-0.2, 0) is 4.79 Å². The Bertz CT molecular complexity index is 147. The lowest BCUT2D eigenvalue weighted by Crippen LogP contribution is -2.51. The monoisotopic (exact) mass is 215 g/mol. The molecule has 13 heavy (non-hydrogen) atoms. The summed E-state index contributed by atoms with van der Waals surface area (Å²) in [6.07, 6.45) is -4.36. The summed E-state index contributed by atoms with van der Waals surface area (Å²) in [6.45, 7) is -0.680. The molecular weight excluding hydrogens is 202 g/mol. The van der Waals surface area contributed by atoms with E-state index in [9.17, 15) is 4.79 Å². The van der Waals surface area contributed by atoms with Crippen molar-refractivity contribution in [3.8, 4) is 0 Å². The Morgan fingerprint density at radius 3 is 2.08 bits per heavy atom. The van der Waals surface area contributed by atoms with Crippen LogP contribution in [-0.4, -0.2) is 57.7 Å². The van der Waals surface area contributed by atoms with Crippen LogP contribution in [0.25, 0.3) is 0 Å². The van der Waals surface area contributed by atoms with Crippen molar-refractivity contribution in [1.82, 2.24) is 0 Å². The molecule has 0 radical (unpaired) electrons. The number of halogens is 1. The van der Waals surface area contributed by atoms with Gasteiger partial charge in [-0.2, -0.15) is 0 Å². The predicted octanol–water partition coefficient (Wildman–Crippen LogP) is -2.99. The van der Waals surface area contributed by atoms with E-state index in [1.54, 1.807) is 0 Å². The highest BCUT2D eigenvalue weighted by Crippen LogP contribution is 2.00. The Hall–Kier alpha value is -0.240. The molecule has 4 unspecified atom stereocenters. The lowest BCUT2D eigenvalue weighted by molar-refractivity contribution is -0.119. The molecule has 4 atom stereocenters. The fourth-order valence-electron chi connectivity index (χ4n) is 0.657. The van der Waals surface area contributed by atoms with E-state index in [2.05, 4.69) is 0 Å². The number of aliphatic hydroxyl groups excluding tert-OH is 4. The molecule has 0 spiro atoms. The van der Waals surface area contributed by atoms with Crippen molar-refractivity contribution < 1.29 is 25.2 Å². The van der Waals surface area contributed by atoms with Gasteiger partial charge in [0.1, 0.15) is 24.6 Å². The Morgan fingerprint density at radius 1 is 1.31 bits per heavy atom. The predicted molar refractivity (Wildman–Crippen MR) is 46.4 cm³/mol. The molecular formula is C6H14ClNO5. The Balaban J connectivity index is 0. The van der Waals surface area contributed by atoms with Gasteiger partial charge in [-0.05, 0) is 0 Å². The maximum absolute atomic E-state index is 9.98. The summed E-state index contributed by atoms with van der Waals surface area (Å²) < 4.78 is 0. The molecule has 0 bridgehead atoms. The van der Waals surface area contributed by atoms with Gasteiger partial charge >= 0.3 is 0 Å². The standard InChI is InChI=1S/C6H13NO5.ClH/c7-5(3(10)1-8)6(12)4(11)2-9;/h1,3-6,9-12H,2,7H2;1H. The zero-order chi connectivity index (χ0) is 9.72. The van der Waals surface area contributed by atoms with E-state index in [1.165, 1.54) is 0 Å². The lowest BCUT2D eigenvalue weighted by atomic mass is 10.0. The second-order valence-electron chi connectivity index (χ2n) is 2.44. The zero-order valence-corrected chi connectivity index (χ0v) is 7.59. The molecule has 0 saturated heterocycles. The molecule has 0 aliphatic heterocycles. The van der Waals surface area contributed by atoms with Gasteiger partial charge in [-0.15, -0.1) is 12.4 Å². The fourth-order valence-corrected chi connectivity index (χ4v) is 0.657. The smallest absolute Gasteiger partial charge is 0.150 e. The Kier molecular flexibility index (Phi) is 8.43. The van der Waals surface area contributed by atoms with Gasteiger partial charge in [0, 0.05) is 0 Å². The van der Waals surface area contributed by atoms with Gasteiger partial charge < -0.3 is 31.0 Å². The molecule has 0 heterocycles. The van der Waals surface area contributed by atoms with Gasteiger partial charge in [0.25, 0.3) is 0 Å². The fraction of sp³-hybridized carbons (Fsp3) is 0.833. The molecule has 0 aromatic rings. The van der Waals surface area contributed by atoms with Crippen LogP contribution in [0.3, 0.4) is 0 Å². The van der Waals surface area contributed by atoms with Crippen LogP contribution in [0.2, 0.25) is 0 Å². The van der Waals surface area contributed by atoms with Crippen molar-refractivity contribution in [2.75, 3.05) is 6.61 Å². The van der Waals surface area contributed by atoms with Crippen molar-refractivity contribution in [2.45, 2.75) is 24.4 Å². The van der Waals surface area contributed by atoms with Crippen molar-refractivity contribution in [1.29, 1.82) is 0 Å². The Labute approximate surface area is 81.4 Å². The van der Waals surface area contributed by atoms with E-state index in [0.717, 1.165) is 0 Å². The third-order valence-electron chi connectivity index (χ3n) is 1.51. The van der Waals surface area contributed by atoms with Gasteiger partial charge in [0.15, 0.2) is 0 Å². The van der Waals surface area contributed by atoms with Crippen molar-refractivity contribution in [3.63, 3.8) is 0 Å². The molecule has 7 heteroatoms. The van der Waals surface area contributed by atoms with E-state index in [0.29, 0.717) is 0 Å². The summed E-state index contributed by atoms with van der Waals surface area (Å²) in [5, 5.41) is 35.0. The number of aliphatic hydroxyl groups is 4. The Morgan fingerprint density at radius 2 is 1.77 bits per heavy atom. The molecule has 6 nitrogen and oxygen atoms in total. The number of rotatable bonds is 5. The molecule has 0 rings (SSSR count). The first-order valence-corrected chi connectivity index (χ1v) is 3.40. The number of nitrogens with two attached hydrogens (primary N) is 1. The van der Waals surface area contributed by atoms with Crippen LogP contribution in [0, 0.1) is 0 Å². The number of aldehydes is 1. The van der Waals surface area contributed by atoms with Gasteiger partial charge in [0.2, 0.25) is 0 Å². The molecule has 0 amide bonds. The van der Waals surface area contributed by atoms with Crippen molar-refractivity contribution in [3.05, 3.63) is 0 Å². The van der Waals surface area contributed by atoms with E-state index >= 15 is 0 Å². The molecule has 0 aliphatic rings. The van der Waals surface area contributed by atoms with Crippen LogP contribution in [0.5, 0.6) is 0 Å². The molecule has 0 aromatic carbocycles. The van der Waals surface area contributed by atoms with Crippen LogP contribution < -0.4 is 5.73 Å². The number of hydrogen-bond donors (Lipinski definition) is 5. The number of hydrogen-bond acceptors (Lipinski definition) is 6. The first-order chi connectivity index (χ1) is 5.54. The van der Waals surface area contributed by atoms with Crippen LogP contribution in [0.1, 0.15) is 0 Å². The average Bonchev–Trinajstić information content (AvgIpc) is 2.12. The normalized spacial score (nSPS) is 19.5. The molecule has 80 valence electrons. The van der Waals surface area contributed by atoms with Crippen molar-refractivity contribution >= 4 is 18.7 Å². The molecule has 6 N–H and O–H groups in total. The average molecular weight is 216 g/mol. The maximum atomic E-state index is 9.98. The van der Waals surface area contributed by atoms with Crippen LogP contribution in [0.15, 0.2) is 0 Å². The second kappa shape index (κ2) is 7.19. The maximum Gasteiger partial charge on any atom is 0.150 e. The highest BCUT2D eigenvalue weighted by atomic mass is 35.5. The molecule has 0 fully saturated rings. The molecule has 0 aromatic heterocycles. The molecule has 0 aliphatic carbocycles. The first kappa shape index (κ1) is 15.2. The minimum absolute atomic E-state index is 0. The minimum Gasteiger partial charge on any atom is -0.394 e. The summed E-state index contributed by atoms with van der Waals surface area (Å²) in [6, 6.07) is -1.29. The number of carbonyl (C=O) groups excluding carboxylic acids is 1. The highest BCUT2D eigenvalue weighted by Gasteiger charge is 2.27. The SMILES string of the molecule is Cl.NC(C(O)C=O)C(O)C(O)CO. The number of carbonyl (C=O) groups is 1. The van der Waals surface area contributed by atoms with Crippen molar-refractivity contribution in [2.24, 2.45) is 5.73 Å². The van der Waals surface area contributed by atoms with Gasteiger partial charge in [-0.3, -0.25) is 0 Å². The largest absolute Gasteiger partial charge is 0.394 e. The first-order valence-electron chi connectivity index (χ1n) is 3.40. The van der Waals surface area contributed by atoms with Gasteiger partial charge in [0.05, 0.1) is 12.6 Å². The van der Waals surface area contributed by atoms with Gasteiger partial charge in [-0.25, -0.2) is 0 Å². The highest BCUT2D eigenvalue weighted by molar-refractivity contribution is 5.85. The summed E-state index contributed by atoms with van der Waals surface area (Å²) in [7, 11) is 0. The zero-order valence-electron chi connectivity index (χ0n) is 6.78. The van der Waals surface area contributed by atoms with E-state index in [4.69, 9.17) is 26.2 Å². The van der Waals surface area contributed by atoms with Crippen LogP contribution >= 0.6 is 12.4 Å². The second-order valence-corrected chi connectivity index (χ2v) is 2.44. The van der Waals surface area contributed by atoms with Gasteiger partial charge in [-0.1, -0.05) is 0 Å². The van der Waals surface area contributed by atoms with Crippen LogP contribution in [0.4, 0.5) is 0 Å². The quantitative estimate of drug-likeness (QED) is 0.312. The minimum atomic E-state index is -1.54. The lowest BCUT2D eigenvalue weighted by Gasteiger charge is -2.23. The topological polar surface area (TPSA) is 124 Å². The third-order valence-corrected chi connectivity index (χ3v) is 1.51. The van der Waals surface area contributed by atoms with E-state index in [1.807, 2.05) is 0 Å². The summed E-state index contributed by atoms with van der Waals surface area (Å²) in [5.41, 5.74) is 5.15. The summed E-state index contributed by atoms with van der Waals surface area (Å²) in [4.78, 5) is 9.98. The summed E-state index contributed by atoms with van der Waals surface area (Å²) in [5.74, 6) is 0. The van der Waals surface area contributed by atoms with E-state index in [-0.39, 0.29) is 18.7 Å². The molecule has 0 saturated carbocycles. The van der Waals surface area contributed by atoms with E-state index < -0.39 is 31.0 Å².